The van der Waals surface area contributed by atoms with Crippen molar-refractivity contribution in [1.29, 1.82) is 0 Å². The van der Waals surface area contributed by atoms with Crippen molar-refractivity contribution in [3.8, 4) is 0 Å². The molecule has 1 aromatic carbocycles. The molecule has 2 N–H and O–H groups in total. The molecule has 0 aliphatic rings. The first-order valence-electron chi connectivity index (χ1n) is 5.87. The third kappa shape index (κ3) is 3.40. The van der Waals surface area contributed by atoms with E-state index in [1.807, 2.05) is 13.2 Å². The highest BCUT2D eigenvalue weighted by Gasteiger charge is 2.29. The summed E-state index contributed by atoms with van der Waals surface area (Å²) in [4.78, 5) is -0.172. The smallest absolute Gasteiger partial charge is 0.245 e. The van der Waals surface area contributed by atoms with Gasteiger partial charge in [-0.2, -0.15) is 16.1 Å². The van der Waals surface area contributed by atoms with Gasteiger partial charge in [-0.15, -0.1) is 0 Å². The van der Waals surface area contributed by atoms with Crippen molar-refractivity contribution >= 4 is 27.5 Å². The van der Waals surface area contributed by atoms with Crippen molar-refractivity contribution in [1.82, 2.24) is 4.31 Å². The van der Waals surface area contributed by atoms with Crippen LogP contribution in [0.25, 0.3) is 0 Å². The zero-order valence-electron chi connectivity index (χ0n) is 11.3. The van der Waals surface area contributed by atoms with Gasteiger partial charge in [0.1, 0.15) is 10.7 Å². The predicted molar refractivity (Wildman–Crippen MR) is 78.2 cm³/mol. The molecule has 0 amide bonds. The van der Waals surface area contributed by atoms with Crippen molar-refractivity contribution in [3.05, 3.63) is 24.0 Å². The first kappa shape index (κ1) is 16.3. The SMILES string of the molecule is CCC(CSC)N(C)S(=O)(=O)c1cccc(F)c1N. The molecule has 0 heterocycles. The average Bonchev–Trinajstić information content (AvgIpc) is 2.38. The van der Waals surface area contributed by atoms with E-state index in [2.05, 4.69) is 0 Å². The molecule has 0 saturated carbocycles. The second kappa shape index (κ2) is 6.58. The summed E-state index contributed by atoms with van der Waals surface area (Å²) >= 11 is 1.57. The summed E-state index contributed by atoms with van der Waals surface area (Å²) in [5.74, 6) is -0.0334. The fourth-order valence-electron chi connectivity index (χ4n) is 1.77. The number of rotatable bonds is 6. The zero-order chi connectivity index (χ0) is 14.6. The summed E-state index contributed by atoms with van der Waals surface area (Å²) in [6, 6.07) is 3.69. The lowest BCUT2D eigenvalue weighted by Crippen LogP contribution is -2.38. The maximum Gasteiger partial charge on any atom is 0.245 e. The van der Waals surface area contributed by atoms with Crippen LogP contribution in [0.4, 0.5) is 10.1 Å². The normalized spacial score (nSPS) is 13.7. The van der Waals surface area contributed by atoms with Gasteiger partial charge in [0, 0.05) is 18.8 Å². The van der Waals surface area contributed by atoms with Gasteiger partial charge in [0.2, 0.25) is 10.0 Å². The molecule has 0 aliphatic carbocycles. The molecule has 0 aliphatic heterocycles. The highest BCUT2D eigenvalue weighted by molar-refractivity contribution is 7.98. The van der Waals surface area contributed by atoms with E-state index in [4.69, 9.17) is 5.73 Å². The molecule has 1 unspecified atom stereocenters. The van der Waals surface area contributed by atoms with Gasteiger partial charge in [-0.05, 0) is 24.8 Å². The van der Waals surface area contributed by atoms with Gasteiger partial charge in [0.15, 0.2) is 0 Å². The molecule has 1 rings (SSSR count). The molecule has 108 valence electrons. The van der Waals surface area contributed by atoms with Gasteiger partial charge in [-0.1, -0.05) is 13.0 Å². The lowest BCUT2D eigenvalue weighted by atomic mass is 10.3. The summed E-state index contributed by atoms with van der Waals surface area (Å²) in [5, 5.41) is 0. The molecule has 0 saturated heterocycles. The average molecular weight is 306 g/mol. The molecule has 0 fully saturated rings. The van der Waals surface area contributed by atoms with Crippen LogP contribution in [-0.2, 0) is 10.0 Å². The third-order valence-electron chi connectivity index (χ3n) is 3.01. The number of thioether (sulfide) groups is 1. The van der Waals surface area contributed by atoms with Crippen LogP contribution in [0, 0.1) is 5.82 Å². The van der Waals surface area contributed by atoms with Gasteiger partial charge in [0.25, 0.3) is 0 Å². The standard InChI is InChI=1S/C12H19FN2O2S2/c1-4-9(8-18-3)15(2)19(16,17)11-7-5-6-10(13)12(11)14/h5-7,9H,4,8,14H2,1-3H3. The van der Waals surface area contributed by atoms with Crippen LogP contribution in [0.1, 0.15) is 13.3 Å². The molecule has 0 aromatic heterocycles. The molecule has 7 heteroatoms. The number of halogens is 1. The molecular formula is C12H19FN2O2S2. The van der Waals surface area contributed by atoms with Crippen molar-refractivity contribution in [2.75, 3.05) is 24.8 Å². The largest absolute Gasteiger partial charge is 0.395 e. The number of nitrogen functional groups attached to an aromatic ring is 1. The summed E-state index contributed by atoms with van der Waals surface area (Å²) in [6.45, 7) is 1.92. The monoisotopic (exact) mass is 306 g/mol. The van der Waals surface area contributed by atoms with Gasteiger partial charge in [-0.3, -0.25) is 0 Å². The van der Waals surface area contributed by atoms with Gasteiger partial charge in [0.05, 0.1) is 5.69 Å². The van der Waals surface area contributed by atoms with Gasteiger partial charge < -0.3 is 5.73 Å². The zero-order valence-corrected chi connectivity index (χ0v) is 12.9. The Morgan fingerprint density at radius 1 is 1.47 bits per heavy atom. The molecule has 19 heavy (non-hydrogen) atoms. The maximum absolute atomic E-state index is 13.4. The van der Waals surface area contributed by atoms with Crippen LogP contribution in [0.5, 0.6) is 0 Å². The van der Waals surface area contributed by atoms with Gasteiger partial charge in [-0.25, -0.2) is 12.8 Å². The van der Waals surface area contributed by atoms with E-state index in [0.29, 0.717) is 12.2 Å². The Hall–Kier alpha value is -0.790. The van der Waals surface area contributed by atoms with E-state index < -0.39 is 15.8 Å². The van der Waals surface area contributed by atoms with E-state index >= 15 is 0 Å². The Balaban J connectivity index is 3.19. The van der Waals surface area contributed by atoms with Crippen molar-refractivity contribution < 1.29 is 12.8 Å². The molecule has 4 nitrogen and oxygen atoms in total. The van der Waals surface area contributed by atoms with E-state index in [1.54, 1.807) is 11.8 Å². The van der Waals surface area contributed by atoms with Crippen LogP contribution in [0.2, 0.25) is 0 Å². The number of nitrogens with zero attached hydrogens (tertiary/aromatic N) is 1. The summed E-state index contributed by atoms with van der Waals surface area (Å²) in [7, 11) is -2.27. The van der Waals surface area contributed by atoms with Crippen molar-refractivity contribution in [3.63, 3.8) is 0 Å². The minimum absolute atomic E-state index is 0.136. The topological polar surface area (TPSA) is 63.4 Å². The third-order valence-corrected chi connectivity index (χ3v) is 5.70. The second-order valence-corrected chi connectivity index (χ2v) is 7.07. The predicted octanol–water partition coefficient (Wildman–Crippen LogP) is 2.17. The second-order valence-electron chi connectivity index (χ2n) is 4.19. The lowest BCUT2D eigenvalue weighted by Gasteiger charge is -2.26. The Labute approximate surface area is 118 Å². The van der Waals surface area contributed by atoms with Gasteiger partial charge >= 0.3 is 0 Å². The molecule has 1 atom stereocenters. The summed E-state index contributed by atoms with van der Waals surface area (Å²) in [5.41, 5.74) is 5.21. The molecule has 0 bridgehead atoms. The number of para-hydroxylation sites is 1. The van der Waals surface area contributed by atoms with Crippen LogP contribution in [0.15, 0.2) is 23.1 Å². The van der Waals surface area contributed by atoms with Crippen LogP contribution >= 0.6 is 11.8 Å². The van der Waals surface area contributed by atoms with E-state index in [9.17, 15) is 12.8 Å². The Kier molecular flexibility index (Phi) is 5.64. The molecule has 0 radical (unpaired) electrons. The maximum atomic E-state index is 13.4. The number of hydrogen-bond acceptors (Lipinski definition) is 4. The Bertz CT molecular complexity index is 535. The Morgan fingerprint density at radius 3 is 2.63 bits per heavy atom. The van der Waals surface area contributed by atoms with Crippen LogP contribution in [-0.4, -0.2) is 37.8 Å². The minimum atomic E-state index is -3.77. The molecular weight excluding hydrogens is 287 g/mol. The first-order valence-corrected chi connectivity index (χ1v) is 8.70. The van der Waals surface area contributed by atoms with E-state index in [-0.39, 0.29) is 16.6 Å². The fourth-order valence-corrected chi connectivity index (χ4v) is 4.26. The number of hydrogen-bond donors (Lipinski definition) is 1. The number of sulfonamides is 1. The number of benzene rings is 1. The van der Waals surface area contributed by atoms with E-state index in [1.165, 1.54) is 23.5 Å². The number of anilines is 1. The molecule has 1 aromatic rings. The van der Waals surface area contributed by atoms with Crippen LogP contribution in [0.3, 0.4) is 0 Å². The van der Waals surface area contributed by atoms with Crippen LogP contribution < -0.4 is 5.73 Å². The molecule has 0 spiro atoms. The first-order chi connectivity index (χ1) is 8.86. The van der Waals surface area contributed by atoms with Crippen molar-refractivity contribution in [2.24, 2.45) is 0 Å². The Morgan fingerprint density at radius 2 is 2.11 bits per heavy atom. The number of nitrogens with two attached hydrogens (primary N) is 1. The highest BCUT2D eigenvalue weighted by Crippen LogP contribution is 2.26. The van der Waals surface area contributed by atoms with Crippen molar-refractivity contribution in [2.45, 2.75) is 24.3 Å². The summed E-state index contributed by atoms with van der Waals surface area (Å²) in [6.07, 6.45) is 2.60. The lowest BCUT2D eigenvalue weighted by molar-refractivity contribution is 0.385. The fraction of sp³-hybridized carbons (Fsp3) is 0.500. The highest BCUT2D eigenvalue weighted by atomic mass is 32.2. The summed E-state index contributed by atoms with van der Waals surface area (Å²) < 4.78 is 39.6. The minimum Gasteiger partial charge on any atom is -0.395 e. The van der Waals surface area contributed by atoms with E-state index in [0.717, 1.165) is 6.07 Å². The quantitative estimate of drug-likeness (QED) is 0.818.